The van der Waals surface area contributed by atoms with E-state index in [4.69, 9.17) is 5.11 Å². The van der Waals surface area contributed by atoms with Gasteiger partial charge >= 0.3 is 11.9 Å². The largest absolute Gasteiger partial charge is 0.480 e. The number of rotatable bonds is 6. The van der Waals surface area contributed by atoms with E-state index in [9.17, 15) is 19.5 Å². The first-order chi connectivity index (χ1) is 9.98. The van der Waals surface area contributed by atoms with Crippen LogP contribution >= 0.6 is 0 Å². The summed E-state index contributed by atoms with van der Waals surface area (Å²) in [5.74, 6) is -2.26. The molecule has 7 nitrogen and oxygen atoms in total. The highest BCUT2D eigenvalue weighted by atomic mass is 16.4. The van der Waals surface area contributed by atoms with Gasteiger partial charge in [-0.3, -0.25) is 14.9 Å². The molecule has 0 bridgehead atoms. The van der Waals surface area contributed by atoms with Crippen molar-refractivity contribution in [2.75, 3.05) is 19.6 Å². The summed E-state index contributed by atoms with van der Waals surface area (Å²) in [6.45, 7) is 0.00746. The predicted molar refractivity (Wildman–Crippen MR) is 73.8 cm³/mol. The summed E-state index contributed by atoms with van der Waals surface area (Å²) >= 11 is 0. The Hall–Kier alpha value is -1.63. The molecule has 0 aromatic heterocycles. The van der Waals surface area contributed by atoms with Crippen LogP contribution in [0.25, 0.3) is 0 Å². The molecule has 2 rings (SSSR count). The van der Waals surface area contributed by atoms with Gasteiger partial charge in [-0.05, 0) is 31.6 Å². The summed E-state index contributed by atoms with van der Waals surface area (Å²) in [4.78, 5) is 36.1. The second kappa shape index (κ2) is 6.43. The van der Waals surface area contributed by atoms with Crippen molar-refractivity contribution in [3.63, 3.8) is 0 Å². The van der Waals surface area contributed by atoms with Crippen LogP contribution in [-0.2, 0) is 14.4 Å². The molecule has 21 heavy (non-hydrogen) atoms. The Bertz CT molecular complexity index is 433. The number of hydrogen-bond donors (Lipinski definition) is 3. The van der Waals surface area contributed by atoms with E-state index in [-0.39, 0.29) is 24.9 Å². The second-order valence-electron chi connectivity index (χ2n) is 5.86. The van der Waals surface area contributed by atoms with Gasteiger partial charge in [-0.1, -0.05) is 12.8 Å². The summed E-state index contributed by atoms with van der Waals surface area (Å²) in [6, 6.07) is 0. The van der Waals surface area contributed by atoms with Crippen molar-refractivity contribution in [3.05, 3.63) is 0 Å². The van der Waals surface area contributed by atoms with Crippen molar-refractivity contribution < 1.29 is 24.6 Å². The molecule has 1 aliphatic heterocycles. The average molecular weight is 298 g/mol. The Balaban J connectivity index is 2.10. The quantitative estimate of drug-likeness (QED) is 0.651. The molecule has 2 aliphatic rings. The SMILES string of the molecule is O=C(O)CNCC(=O)N1CCC[C@]1(C(=O)O)C1CCCC1. The summed E-state index contributed by atoms with van der Waals surface area (Å²) < 4.78 is 0. The summed E-state index contributed by atoms with van der Waals surface area (Å²) in [5, 5.41) is 20.9. The fraction of sp³-hybridized carbons (Fsp3) is 0.786. The van der Waals surface area contributed by atoms with Gasteiger partial charge in [0.2, 0.25) is 5.91 Å². The predicted octanol–water partition coefficient (Wildman–Crippen LogP) is 0.297. The lowest BCUT2D eigenvalue weighted by molar-refractivity contribution is -0.160. The first-order valence-electron chi connectivity index (χ1n) is 7.45. The molecular weight excluding hydrogens is 276 g/mol. The third-order valence-electron chi connectivity index (χ3n) is 4.68. The maximum atomic E-state index is 12.3. The van der Waals surface area contributed by atoms with Gasteiger partial charge in [0.15, 0.2) is 0 Å². The summed E-state index contributed by atoms with van der Waals surface area (Å²) in [5.41, 5.74) is -1.08. The number of carbonyl (C=O) groups is 3. The Morgan fingerprint density at radius 2 is 1.76 bits per heavy atom. The monoisotopic (exact) mass is 298 g/mol. The summed E-state index contributed by atoms with van der Waals surface area (Å²) in [6.07, 6.45) is 4.90. The molecular formula is C14H22N2O5. The number of likely N-dealkylation sites (tertiary alicyclic amines) is 1. The number of hydrogen-bond acceptors (Lipinski definition) is 4. The van der Waals surface area contributed by atoms with Gasteiger partial charge in [0.1, 0.15) is 5.54 Å². The second-order valence-corrected chi connectivity index (χ2v) is 5.86. The van der Waals surface area contributed by atoms with Crippen LogP contribution in [0.1, 0.15) is 38.5 Å². The molecule has 3 N–H and O–H groups in total. The van der Waals surface area contributed by atoms with Gasteiger partial charge in [-0.2, -0.15) is 0 Å². The molecule has 0 aromatic carbocycles. The van der Waals surface area contributed by atoms with Crippen molar-refractivity contribution in [1.29, 1.82) is 0 Å². The third-order valence-corrected chi connectivity index (χ3v) is 4.68. The minimum Gasteiger partial charge on any atom is -0.480 e. The lowest BCUT2D eigenvalue weighted by Crippen LogP contribution is -2.58. The fourth-order valence-corrected chi connectivity index (χ4v) is 3.79. The molecule has 1 amide bonds. The molecule has 1 aliphatic carbocycles. The van der Waals surface area contributed by atoms with Gasteiger partial charge in [0, 0.05) is 6.54 Å². The third kappa shape index (κ3) is 3.02. The van der Waals surface area contributed by atoms with Crippen LogP contribution < -0.4 is 5.32 Å². The molecule has 1 saturated carbocycles. The molecule has 0 aromatic rings. The van der Waals surface area contributed by atoms with Crippen molar-refractivity contribution in [2.24, 2.45) is 5.92 Å². The van der Waals surface area contributed by atoms with Crippen molar-refractivity contribution in [1.82, 2.24) is 10.2 Å². The normalized spacial score (nSPS) is 26.2. The molecule has 2 fully saturated rings. The molecule has 118 valence electrons. The van der Waals surface area contributed by atoms with E-state index < -0.39 is 17.5 Å². The van der Waals surface area contributed by atoms with Gasteiger partial charge in [-0.25, -0.2) is 4.79 Å². The summed E-state index contributed by atoms with van der Waals surface area (Å²) in [7, 11) is 0. The zero-order chi connectivity index (χ0) is 15.5. The van der Waals surface area contributed by atoms with E-state index in [1.165, 1.54) is 4.90 Å². The van der Waals surface area contributed by atoms with Gasteiger partial charge in [-0.15, -0.1) is 0 Å². The molecule has 7 heteroatoms. The highest BCUT2D eigenvalue weighted by Gasteiger charge is 2.55. The number of nitrogens with zero attached hydrogens (tertiary/aromatic N) is 1. The molecule has 1 atom stereocenters. The topological polar surface area (TPSA) is 107 Å². The van der Waals surface area contributed by atoms with Crippen LogP contribution in [0, 0.1) is 5.92 Å². The van der Waals surface area contributed by atoms with Crippen LogP contribution in [0.5, 0.6) is 0 Å². The Labute approximate surface area is 123 Å². The molecule has 0 unspecified atom stereocenters. The first-order valence-corrected chi connectivity index (χ1v) is 7.45. The zero-order valence-corrected chi connectivity index (χ0v) is 12.0. The van der Waals surface area contributed by atoms with Crippen molar-refractivity contribution in [3.8, 4) is 0 Å². The van der Waals surface area contributed by atoms with Crippen LogP contribution in [0.15, 0.2) is 0 Å². The Morgan fingerprint density at radius 3 is 2.33 bits per heavy atom. The number of nitrogens with one attached hydrogen (secondary N) is 1. The first kappa shape index (κ1) is 15.8. The van der Waals surface area contributed by atoms with Crippen LogP contribution in [0.3, 0.4) is 0 Å². The lowest BCUT2D eigenvalue weighted by Gasteiger charge is -2.39. The molecule has 1 heterocycles. The minimum absolute atomic E-state index is 0.0147. The van der Waals surface area contributed by atoms with Crippen molar-refractivity contribution in [2.45, 2.75) is 44.1 Å². The average Bonchev–Trinajstić information content (AvgIpc) is 3.07. The van der Waals surface area contributed by atoms with Crippen LogP contribution in [0.4, 0.5) is 0 Å². The van der Waals surface area contributed by atoms with E-state index in [1.54, 1.807) is 0 Å². The van der Waals surface area contributed by atoms with Gasteiger partial charge in [0.05, 0.1) is 13.1 Å². The van der Waals surface area contributed by atoms with Gasteiger partial charge < -0.3 is 15.1 Å². The number of carboxylic acid groups (broad SMARTS) is 2. The van der Waals surface area contributed by atoms with E-state index in [2.05, 4.69) is 5.32 Å². The molecule has 1 saturated heterocycles. The zero-order valence-electron chi connectivity index (χ0n) is 12.0. The lowest BCUT2D eigenvalue weighted by atomic mass is 9.80. The number of aliphatic carboxylic acids is 2. The van der Waals surface area contributed by atoms with Crippen LogP contribution in [-0.4, -0.2) is 58.1 Å². The Kier molecular flexibility index (Phi) is 4.82. The fourth-order valence-electron chi connectivity index (χ4n) is 3.79. The van der Waals surface area contributed by atoms with Crippen LogP contribution in [0.2, 0.25) is 0 Å². The van der Waals surface area contributed by atoms with E-state index in [0.29, 0.717) is 19.4 Å². The van der Waals surface area contributed by atoms with E-state index >= 15 is 0 Å². The van der Waals surface area contributed by atoms with E-state index in [1.807, 2.05) is 0 Å². The number of amides is 1. The maximum absolute atomic E-state index is 12.3. The number of carbonyl (C=O) groups excluding carboxylic acids is 1. The highest BCUT2D eigenvalue weighted by molar-refractivity contribution is 5.89. The van der Waals surface area contributed by atoms with E-state index in [0.717, 1.165) is 25.7 Å². The Morgan fingerprint density at radius 1 is 1.10 bits per heavy atom. The smallest absolute Gasteiger partial charge is 0.329 e. The highest BCUT2D eigenvalue weighted by Crippen LogP contribution is 2.44. The standard InChI is InChI=1S/C14H22N2O5/c17-11(8-15-9-12(18)19)16-7-3-6-14(16,13(20)21)10-4-1-2-5-10/h10,15H,1-9H2,(H,18,19)(H,20,21)/t14-/m1/s1. The maximum Gasteiger partial charge on any atom is 0.329 e. The van der Waals surface area contributed by atoms with Crippen molar-refractivity contribution >= 4 is 17.8 Å². The number of carboxylic acids is 2. The molecule has 0 radical (unpaired) electrons. The van der Waals surface area contributed by atoms with Gasteiger partial charge in [0.25, 0.3) is 0 Å². The molecule has 0 spiro atoms. The minimum atomic E-state index is -1.08.